The first-order valence-corrected chi connectivity index (χ1v) is 6.89. The Bertz CT molecular complexity index is 215. The van der Waals surface area contributed by atoms with E-state index in [4.69, 9.17) is 14.6 Å². The van der Waals surface area contributed by atoms with Gasteiger partial charge in [-0.2, -0.15) is 0 Å². The highest BCUT2D eigenvalue weighted by Crippen LogP contribution is 2.12. The van der Waals surface area contributed by atoms with Gasteiger partial charge in [0.25, 0.3) is 0 Å². The van der Waals surface area contributed by atoms with E-state index in [1.54, 1.807) is 0 Å². The van der Waals surface area contributed by atoms with Gasteiger partial charge in [-0.15, -0.1) is 0 Å². The monoisotopic (exact) mass is 261 g/mol. The molecule has 0 amide bonds. The summed E-state index contributed by atoms with van der Waals surface area (Å²) in [5.74, 6) is 0. The van der Waals surface area contributed by atoms with E-state index >= 15 is 0 Å². The molecule has 3 unspecified atom stereocenters. The number of hydrogen-bond donors (Lipinski definition) is 2. The van der Waals surface area contributed by atoms with E-state index in [0.717, 1.165) is 12.8 Å². The lowest BCUT2D eigenvalue weighted by atomic mass is 10.2. The highest BCUT2D eigenvalue weighted by Gasteiger charge is 2.26. The summed E-state index contributed by atoms with van der Waals surface area (Å²) in [7, 11) is 0. The number of unbranched alkanes of at least 4 members (excludes halogenated alkanes) is 1. The minimum atomic E-state index is -0.471. The van der Waals surface area contributed by atoms with Crippen LogP contribution in [0.2, 0.25) is 0 Å². The minimum absolute atomic E-state index is 0.0340. The van der Waals surface area contributed by atoms with Crippen LogP contribution in [-0.2, 0) is 9.47 Å². The average molecular weight is 261 g/mol. The number of morpholine rings is 1. The van der Waals surface area contributed by atoms with Crippen molar-refractivity contribution in [2.24, 2.45) is 0 Å². The van der Waals surface area contributed by atoms with E-state index in [2.05, 4.69) is 18.7 Å². The van der Waals surface area contributed by atoms with Gasteiger partial charge in [0.05, 0.1) is 32.0 Å². The van der Waals surface area contributed by atoms with Crippen LogP contribution in [0, 0.1) is 0 Å². The highest BCUT2D eigenvalue weighted by molar-refractivity contribution is 4.78. The van der Waals surface area contributed by atoms with E-state index in [1.807, 2.05) is 0 Å². The quantitative estimate of drug-likeness (QED) is 0.613. The SMILES string of the molecule is CCCCOCC(O)CN1CC(CO)OCC1C. The molecular formula is C13H27NO4. The Morgan fingerprint density at radius 1 is 1.50 bits per heavy atom. The first-order chi connectivity index (χ1) is 8.67. The van der Waals surface area contributed by atoms with Crippen molar-refractivity contribution >= 4 is 0 Å². The van der Waals surface area contributed by atoms with Gasteiger partial charge in [-0.25, -0.2) is 0 Å². The lowest BCUT2D eigenvalue weighted by Crippen LogP contribution is -2.52. The molecule has 0 aliphatic carbocycles. The van der Waals surface area contributed by atoms with Crippen LogP contribution in [0.25, 0.3) is 0 Å². The summed E-state index contributed by atoms with van der Waals surface area (Å²) in [6, 6.07) is 0.276. The van der Waals surface area contributed by atoms with Crippen LogP contribution in [0.4, 0.5) is 0 Å². The maximum atomic E-state index is 9.91. The Morgan fingerprint density at radius 2 is 2.28 bits per heavy atom. The van der Waals surface area contributed by atoms with Gasteiger partial charge in [0.2, 0.25) is 0 Å². The molecule has 3 atom stereocenters. The Morgan fingerprint density at radius 3 is 2.94 bits per heavy atom. The number of ether oxygens (including phenoxy) is 2. The van der Waals surface area contributed by atoms with Gasteiger partial charge < -0.3 is 19.7 Å². The fraction of sp³-hybridized carbons (Fsp3) is 1.00. The summed E-state index contributed by atoms with van der Waals surface area (Å²) in [6.07, 6.45) is 1.54. The fourth-order valence-electron chi connectivity index (χ4n) is 2.03. The molecule has 18 heavy (non-hydrogen) atoms. The summed E-state index contributed by atoms with van der Waals surface area (Å²) in [6.45, 7) is 7.17. The van der Waals surface area contributed by atoms with Gasteiger partial charge in [0, 0.05) is 25.7 Å². The van der Waals surface area contributed by atoms with Crippen molar-refractivity contribution in [1.29, 1.82) is 0 Å². The van der Waals surface area contributed by atoms with E-state index in [0.29, 0.717) is 32.9 Å². The first-order valence-electron chi connectivity index (χ1n) is 6.89. The molecule has 1 aliphatic rings. The molecule has 5 heteroatoms. The summed E-state index contributed by atoms with van der Waals surface area (Å²) in [4.78, 5) is 2.15. The van der Waals surface area contributed by atoms with E-state index in [1.165, 1.54) is 0 Å². The second-order valence-electron chi connectivity index (χ2n) is 5.02. The van der Waals surface area contributed by atoms with E-state index in [9.17, 15) is 5.11 Å². The van der Waals surface area contributed by atoms with Crippen molar-refractivity contribution in [3.8, 4) is 0 Å². The van der Waals surface area contributed by atoms with Gasteiger partial charge >= 0.3 is 0 Å². The van der Waals surface area contributed by atoms with Crippen LogP contribution in [0.5, 0.6) is 0 Å². The third kappa shape index (κ3) is 5.63. The topological polar surface area (TPSA) is 62.2 Å². The molecular weight excluding hydrogens is 234 g/mol. The fourth-order valence-corrected chi connectivity index (χ4v) is 2.03. The first kappa shape index (κ1) is 15.9. The van der Waals surface area contributed by atoms with Gasteiger partial charge in [0.15, 0.2) is 0 Å². The molecule has 0 spiro atoms. The highest BCUT2D eigenvalue weighted by atomic mass is 16.5. The molecule has 1 aliphatic heterocycles. The molecule has 0 bridgehead atoms. The van der Waals surface area contributed by atoms with Gasteiger partial charge in [0.1, 0.15) is 0 Å². The Balaban J connectivity index is 2.22. The minimum Gasteiger partial charge on any atom is -0.394 e. The number of aliphatic hydroxyl groups excluding tert-OH is 2. The maximum absolute atomic E-state index is 9.91. The molecule has 1 heterocycles. The second-order valence-corrected chi connectivity index (χ2v) is 5.02. The number of rotatable bonds is 8. The molecule has 0 aromatic heterocycles. The van der Waals surface area contributed by atoms with Crippen LogP contribution in [0.3, 0.4) is 0 Å². The zero-order chi connectivity index (χ0) is 13.4. The Hall–Kier alpha value is -0.200. The van der Waals surface area contributed by atoms with Crippen LogP contribution in [-0.4, -0.2) is 72.9 Å². The second kappa shape index (κ2) is 8.82. The zero-order valence-corrected chi connectivity index (χ0v) is 11.5. The van der Waals surface area contributed by atoms with Crippen molar-refractivity contribution in [3.05, 3.63) is 0 Å². The van der Waals surface area contributed by atoms with Crippen LogP contribution >= 0.6 is 0 Å². The van der Waals surface area contributed by atoms with Gasteiger partial charge in [-0.1, -0.05) is 13.3 Å². The average Bonchev–Trinajstić information content (AvgIpc) is 2.37. The Labute approximate surface area is 110 Å². The largest absolute Gasteiger partial charge is 0.394 e. The zero-order valence-electron chi connectivity index (χ0n) is 11.5. The molecule has 2 N–H and O–H groups in total. The number of hydrogen-bond acceptors (Lipinski definition) is 5. The molecule has 5 nitrogen and oxygen atoms in total. The molecule has 0 aromatic carbocycles. The molecule has 1 saturated heterocycles. The number of nitrogens with zero attached hydrogens (tertiary/aromatic N) is 1. The maximum Gasteiger partial charge on any atom is 0.0933 e. The molecule has 108 valence electrons. The van der Waals surface area contributed by atoms with Gasteiger partial charge in [-0.05, 0) is 13.3 Å². The lowest BCUT2D eigenvalue weighted by Gasteiger charge is -2.38. The summed E-state index contributed by atoms with van der Waals surface area (Å²) in [5.41, 5.74) is 0. The molecule has 1 rings (SSSR count). The molecule has 0 aromatic rings. The molecule has 1 fully saturated rings. The van der Waals surface area contributed by atoms with Gasteiger partial charge in [-0.3, -0.25) is 4.90 Å². The van der Waals surface area contributed by atoms with Crippen molar-refractivity contribution in [2.75, 3.05) is 39.5 Å². The Kier molecular flexibility index (Phi) is 7.77. The van der Waals surface area contributed by atoms with Crippen molar-refractivity contribution in [1.82, 2.24) is 4.90 Å². The molecule has 0 radical (unpaired) electrons. The molecule has 0 saturated carbocycles. The van der Waals surface area contributed by atoms with Crippen molar-refractivity contribution in [3.63, 3.8) is 0 Å². The van der Waals surface area contributed by atoms with Crippen LogP contribution in [0.15, 0.2) is 0 Å². The third-order valence-electron chi connectivity index (χ3n) is 3.24. The van der Waals surface area contributed by atoms with Crippen LogP contribution in [0.1, 0.15) is 26.7 Å². The van der Waals surface area contributed by atoms with Crippen molar-refractivity contribution in [2.45, 2.75) is 44.9 Å². The van der Waals surface area contributed by atoms with Crippen molar-refractivity contribution < 1.29 is 19.7 Å². The van der Waals surface area contributed by atoms with E-state index in [-0.39, 0.29) is 18.8 Å². The summed E-state index contributed by atoms with van der Waals surface area (Å²) >= 11 is 0. The smallest absolute Gasteiger partial charge is 0.0933 e. The number of aliphatic hydroxyl groups is 2. The predicted molar refractivity (Wildman–Crippen MR) is 69.6 cm³/mol. The number of β-amino-alcohol motifs (C(OH)–C–C–N with tert-alkyl or cyclic N) is 1. The predicted octanol–water partition coefficient (Wildman–Crippen LogP) is 0.246. The normalized spacial score (nSPS) is 27.3. The summed E-state index contributed by atoms with van der Waals surface area (Å²) in [5, 5.41) is 19.0. The summed E-state index contributed by atoms with van der Waals surface area (Å²) < 4.78 is 10.9. The van der Waals surface area contributed by atoms with Crippen LogP contribution < -0.4 is 0 Å². The van der Waals surface area contributed by atoms with E-state index < -0.39 is 6.10 Å². The lowest BCUT2D eigenvalue weighted by molar-refractivity contribution is -0.0919. The third-order valence-corrected chi connectivity index (χ3v) is 3.24. The standard InChI is InChI=1S/C13H27NO4/c1-3-4-5-17-10-12(16)6-14-7-13(8-15)18-9-11(14)2/h11-13,15-16H,3-10H2,1-2H3.